The Labute approximate surface area is 199 Å². The summed E-state index contributed by atoms with van der Waals surface area (Å²) >= 11 is 5.93. The molecule has 1 atom stereocenters. The van der Waals surface area contributed by atoms with Crippen LogP contribution in [0.25, 0.3) is 0 Å². The van der Waals surface area contributed by atoms with E-state index in [1.165, 1.54) is 12.5 Å². The standard InChI is InChI=1S/C22H31ClN4O5S/c23-17-6-7-20(21(14-17)27(29)30)25-11-9-24(10-12-25)15-22(28)26(18-4-2-1-3-5-18)19-8-13-33(31,32)16-19/h6-7,14,18-19H,1-5,8-13,15-16H2. The van der Waals surface area contributed by atoms with Gasteiger partial charge in [-0.1, -0.05) is 30.9 Å². The van der Waals surface area contributed by atoms with Gasteiger partial charge in [0, 0.05) is 49.4 Å². The number of sulfone groups is 1. The Morgan fingerprint density at radius 2 is 1.79 bits per heavy atom. The second-order valence-corrected chi connectivity index (χ2v) is 12.0. The highest BCUT2D eigenvalue weighted by Gasteiger charge is 2.39. The highest BCUT2D eigenvalue weighted by molar-refractivity contribution is 7.91. The Hall–Kier alpha value is -1.91. The molecule has 2 aliphatic heterocycles. The molecular formula is C22H31ClN4O5S. The fraction of sp³-hybridized carbons (Fsp3) is 0.682. The van der Waals surface area contributed by atoms with E-state index in [4.69, 9.17) is 11.6 Å². The predicted octanol–water partition coefficient (Wildman–Crippen LogP) is 2.72. The lowest BCUT2D eigenvalue weighted by Gasteiger charge is -2.41. The van der Waals surface area contributed by atoms with Crippen molar-refractivity contribution in [3.63, 3.8) is 0 Å². The van der Waals surface area contributed by atoms with Crippen molar-refractivity contribution in [3.8, 4) is 0 Å². The number of benzene rings is 1. The zero-order valence-corrected chi connectivity index (χ0v) is 20.3. The summed E-state index contributed by atoms with van der Waals surface area (Å²) in [6, 6.07) is 4.60. The van der Waals surface area contributed by atoms with Gasteiger partial charge in [0.2, 0.25) is 5.91 Å². The number of hydrogen-bond donors (Lipinski definition) is 0. The second kappa shape index (κ2) is 10.1. The van der Waals surface area contributed by atoms with E-state index in [2.05, 4.69) is 4.90 Å². The molecule has 3 aliphatic rings. The van der Waals surface area contributed by atoms with Crippen LogP contribution >= 0.6 is 11.6 Å². The zero-order chi connectivity index (χ0) is 23.6. The van der Waals surface area contributed by atoms with Gasteiger partial charge < -0.3 is 9.80 Å². The molecule has 0 N–H and O–H groups in total. The van der Waals surface area contributed by atoms with E-state index in [1.54, 1.807) is 12.1 Å². The molecule has 1 amide bonds. The molecule has 33 heavy (non-hydrogen) atoms. The van der Waals surface area contributed by atoms with Gasteiger partial charge in [-0.15, -0.1) is 0 Å². The molecule has 2 saturated heterocycles. The summed E-state index contributed by atoms with van der Waals surface area (Å²) in [5.74, 6) is 0.241. The van der Waals surface area contributed by atoms with E-state index >= 15 is 0 Å². The fourth-order valence-electron chi connectivity index (χ4n) is 5.39. The summed E-state index contributed by atoms with van der Waals surface area (Å²) in [5.41, 5.74) is 0.522. The number of anilines is 1. The van der Waals surface area contributed by atoms with Crippen LogP contribution in [0.5, 0.6) is 0 Å². The van der Waals surface area contributed by atoms with E-state index in [0.717, 1.165) is 25.7 Å². The molecule has 182 valence electrons. The highest BCUT2D eigenvalue weighted by Crippen LogP contribution is 2.32. The predicted molar refractivity (Wildman–Crippen MR) is 128 cm³/mol. The summed E-state index contributed by atoms with van der Waals surface area (Å²) in [5, 5.41) is 11.8. The third-order valence-electron chi connectivity index (χ3n) is 7.06. The van der Waals surface area contributed by atoms with Gasteiger partial charge in [0.05, 0.1) is 23.0 Å². The quantitative estimate of drug-likeness (QED) is 0.438. The molecule has 0 spiro atoms. The van der Waals surface area contributed by atoms with Gasteiger partial charge in [-0.05, 0) is 31.4 Å². The van der Waals surface area contributed by atoms with Crippen molar-refractivity contribution in [1.29, 1.82) is 0 Å². The number of rotatable bonds is 6. The largest absolute Gasteiger partial charge is 0.363 e. The van der Waals surface area contributed by atoms with Crippen LogP contribution in [0.1, 0.15) is 38.5 Å². The second-order valence-electron chi connectivity index (χ2n) is 9.30. The summed E-state index contributed by atoms with van der Waals surface area (Å²) < 4.78 is 24.2. The Morgan fingerprint density at radius 3 is 2.39 bits per heavy atom. The minimum atomic E-state index is -3.08. The third kappa shape index (κ3) is 5.78. The van der Waals surface area contributed by atoms with Crippen LogP contribution in [-0.2, 0) is 14.6 Å². The summed E-state index contributed by atoms with van der Waals surface area (Å²) in [6.45, 7) is 2.59. The smallest absolute Gasteiger partial charge is 0.294 e. The molecule has 0 radical (unpaired) electrons. The van der Waals surface area contributed by atoms with Crippen LogP contribution in [0.2, 0.25) is 5.02 Å². The zero-order valence-electron chi connectivity index (χ0n) is 18.7. The Kier molecular flexibility index (Phi) is 7.45. The van der Waals surface area contributed by atoms with Crippen molar-refractivity contribution < 1.29 is 18.1 Å². The molecular weight excluding hydrogens is 468 g/mol. The molecule has 4 rings (SSSR count). The van der Waals surface area contributed by atoms with E-state index in [9.17, 15) is 23.3 Å². The summed E-state index contributed by atoms with van der Waals surface area (Å²) in [4.78, 5) is 30.4. The summed E-state index contributed by atoms with van der Waals surface area (Å²) in [6.07, 6.45) is 5.73. The molecule has 11 heteroatoms. The molecule has 0 aromatic heterocycles. The van der Waals surface area contributed by atoms with Crippen molar-refractivity contribution in [2.75, 3.05) is 49.1 Å². The number of nitro groups is 1. The van der Waals surface area contributed by atoms with Crippen molar-refractivity contribution in [1.82, 2.24) is 9.80 Å². The molecule has 1 aromatic carbocycles. The van der Waals surface area contributed by atoms with Crippen molar-refractivity contribution in [3.05, 3.63) is 33.3 Å². The van der Waals surface area contributed by atoms with Crippen LogP contribution in [0.3, 0.4) is 0 Å². The molecule has 2 heterocycles. The first-order valence-corrected chi connectivity index (χ1v) is 13.9. The molecule has 0 bridgehead atoms. The van der Waals surface area contributed by atoms with Crippen LogP contribution in [0, 0.1) is 10.1 Å². The lowest BCUT2D eigenvalue weighted by molar-refractivity contribution is -0.384. The molecule has 1 aliphatic carbocycles. The van der Waals surface area contributed by atoms with Gasteiger partial charge in [0.1, 0.15) is 5.69 Å². The van der Waals surface area contributed by atoms with E-state index in [0.29, 0.717) is 43.3 Å². The van der Waals surface area contributed by atoms with Crippen LogP contribution < -0.4 is 4.90 Å². The minimum Gasteiger partial charge on any atom is -0.363 e. The van der Waals surface area contributed by atoms with Crippen LogP contribution in [-0.4, -0.2) is 85.4 Å². The molecule has 1 unspecified atom stereocenters. The first-order valence-electron chi connectivity index (χ1n) is 11.7. The topological polar surface area (TPSA) is 104 Å². The SMILES string of the molecule is O=C(CN1CCN(c2ccc(Cl)cc2[N+](=O)[O-])CC1)N(C1CCCCC1)C1CCS(=O)(=O)C1. The van der Waals surface area contributed by atoms with E-state index in [1.807, 2.05) is 9.80 Å². The average Bonchev–Trinajstić information content (AvgIpc) is 3.14. The normalized spacial score (nSPS) is 24.0. The van der Waals surface area contributed by atoms with E-state index in [-0.39, 0.29) is 41.7 Å². The average molecular weight is 499 g/mol. The first kappa shape index (κ1) is 24.2. The van der Waals surface area contributed by atoms with Crippen molar-refractivity contribution >= 4 is 38.7 Å². The Bertz CT molecular complexity index is 991. The maximum Gasteiger partial charge on any atom is 0.294 e. The molecule has 3 fully saturated rings. The lowest BCUT2D eigenvalue weighted by atomic mass is 9.92. The van der Waals surface area contributed by atoms with Gasteiger partial charge in [-0.2, -0.15) is 0 Å². The van der Waals surface area contributed by atoms with Gasteiger partial charge in [-0.25, -0.2) is 8.42 Å². The van der Waals surface area contributed by atoms with Gasteiger partial charge in [0.25, 0.3) is 5.69 Å². The number of piperazine rings is 1. The van der Waals surface area contributed by atoms with E-state index < -0.39 is 14.8 Å². The van der Waals surface area contributed by atoms with Crippen molar-refractivity contribution in [2.45, 2.75) is 50.6 Å². The lowest BCUT2D eigenvalue weighted by Crippen LogP contribution is -2.54. The first-order chi connectivity index (χ1) is 15.7. The number of hydrogen-bond acceptors (Lipinski definition) is 7. The molecule has 1 aromatic rings. The summed E-state index contributed by atoms with van der Waals surface area (Å²) in [7, 11) is -3.08. The number of halogens is 1. The van der Waals surface area contributed by atoms with Gasteiger partial charge in [-0.3, -0.25) is 19.8 Å². The van der Waals surface area contributed by atoms with Gasteiger partial charge >= 0.3 is 0 Å². The minimum absolute atomic E-state index is 0.00919. The van der Waals surface area contributed by atoms with Crippen LogP contribution in [0.15, 0.2) is 18.2 Å². The maximum atomic E-state index is 13.4. The number of carbonyl (C=O) groups is 1. The van der Waals surface area contributed by atoms with Crippen LogP contribution in [0.4, 0.5) is 11.4 Å². The maximum absolute atomic E-state index is 13.4. The number of nitrogens with zero attached hydrogens (tertiary/aromatic N) is 4. The Morgan fingerprint density at radius 1 is 1.09 bits per heavy atom. The van der Waals surface area contributed by atoms with Crippen molar-refractivity contribution in [2.24, 2.45) is 0 Å². The molecule has 1 saturated carbocycles. The number of carbonyl (C=O) groups excluding carboxylic acids is 1. The molecule has 9 nitrogen and oxygen atoms in total. The highest BCUT2D eigenvalue weighted by atomic mass is 35.5. The number of nitro benzene ring substituents is 1. The number of amides is 1. The Balaban J connectivity index is 1.40. The monoisotopic (exact) mass is 498 g/mol. The fourth-order valence-corrected chi connectivity index (χ4v) is 7.27. The third-order valence-corrected chi connectivity index (χ3v) is 9.05. The van der Waals surface area contributed by atoms with Gasteiger partial charge in [0.15, 0.2) is 9.84 Å².